The second-order valence-corrected chi connectivity index (χ2v) is 5.62. The van der Waals surface area contributed by atoms with Gasteiger partial charge in [0.1, 0.15) is 0 Å². The molecule has 2 rings (SSSR count). The van der Waals surface area contributed by atoms with Gasteiger partial charge in [0, 0.05) is 38.8 Å². The van der Waals surface area contributed by atoms with E-state index >= 15 is 0 Å². The predicted octanol–water partition coefficient (Wildman–Crippen LogP) is 1.66. The first-order chi connectivity index (χ1) is 10.6. The molecule has 0 saturated carbocycles. The molecule has 0 aromatic carbocycles. The number of carbonyl (C=O) groups excluding carboxylic acids is 1. The van der Waals surface area contributed by atoms with Crippen LogP contribution in [0.4, 0.5) is 4.79 Å². The van der Waals surface area contributed by atoms with Gasteiger partial charge in [0.15, 0.2) is 0 Å². The zero-order valence-electron chi connectivity index (χ0n) is 13.0. The van der Waals surface area contributed by atoms with E-state index in [-0.39, 0.29) is 12.5 Å². The fraction of sp³-hybridized carbons (Fsp3) is 0.667. The maximum atomic E-state index is 12.0. The average molecular weight is 308 g/mol. The molecule has 0 atom stereocenters. The van der Waals surface area contributed by atoms with Gasteiger partial charge in [0.05, 0.1) is 6.20 Å². The Morgan fingerprint density at radius 3 is 2.73 bits per heavy atom. The normalized spacial score (nSPS) is 15.8. The first-order valence-corrected chi connectivity index (χ1v) is 7.87. The standard InChI is InChI=1S/C15H24N4O3/c1-2-19-11-13(10-17-19)12-5-8-18(9-6-12)15(22)16-7-3-4-14(20)21/h10-12H,2-9H2,1H3,(H,16,22)(H,20,21). The van der Waals surface area contributed by atoms with Crippen molar-refractivity contribution in [3.63, 3.8) is 0 Å². The molecule has 0 unspecified atom stereocenters. The van der Waals surface area contributed by atoms with Gasteiger partial charge >= 0.3 is 12.0 Å². The van der Waals surface area contributed by atoms with Crippen molar-refractivity contribution < 1.29 is 14.7 Å². The van der Waals surface area contributed by atoms with E-state index < -0.39 is 5.97 Å². The number of amides is 2. The molecule has 1 aliphatic rings. The maximum Gasteiger partial charge on any atom is 0.317 e. The molecule has 2 amide bonds. The number of carboxylic acid groups (broad SMARTS) is 1. The number of hydrogen-bond donors (Lipinski definition) is 2. The molecule has 1 saturated heterocycles. The molecule has 2 N–H and O–H groups in total. The van der Waals surface area contributed by atoms with Crippen LogP contribution in [0.15, 0.2) is 12.4 Å². The van der Waals surface area contributed by atoms with E-state index in [9.17, 15) is 9.59 Å². The molecule has 2 heterocycles. The third-order valence-corrected chi connectivity index (χ3v) is 4.07. The van der Waals surface area contributed by atoms with Crippen molar-refractivity contribution in [1.82, 2.24) is 20.0 Å². The highest BCUT2D eigenvalue weighted by Crippen LogP contribution is 2.27. The Balaban J connectivity index is 1.72. The van der Waals surface area contributed by atoms with E-state index in [1.165, 1.54) is 5.56 Å². The van der Waals surface area contributed by atoms with Gasteiger partial charge in [-0.1, -0.05) is 0 Å². The molecule has 1 aromatic rings. The average Bonchev–Trinajstić information content (AvgIpc) is 3.00. The minimum Gasteiger partial charge on any atom is -0.481 e. The summed E-state index contributed by atoms with van der Waals surface area (Å²) in [5.74, 6) is -0.362. The van der Waals surface area contributed by atoms with E-state index in [1.807, 2.05) is 15.8 Å². The molecule has 0 aliphatic carbocycles. The lowest BCUT2D eigenvalue weighted by atomic mass is 9.92. The number of likely N-dealkylation sites (tertiary alicyclic amines) is 1. The number of nitrogens with one attached hydrogen (secondary N) is 1. The van der Waals surface area contributed by atoms with Gasteiger partial charge < -0.3 is 15.3 Å². The number of nitrogens with zero attached hydrogens (tertiary/aromatic N) is 3. The lowest BCUT2D eigenvalue weighted by molar-refractivity contribution is -0.137. The lowest BCUT2D eigenvalue weighted by Gasteiger charge is -2.31. The Kier molecular flexibility index (Phi) is 5.80. The Labute approximate surface area is 130 Å². The number of aryl methyl sites for hydroxylation is 1. The molecule has 1 aliphatic heterocycles. The summed E-state index contributed by atoms with van der Waals surface area (Å²) in [5, 5.41) is 15.6. The van der Waals surface area contributed by atoms with Gasteiger partial charge in [0.2, 0.25) is 0 Å². The molecule has 0 radical (unpaired) electrons. The van der Waals surface area contributed by atoms with Crippen LogP contribution < -0.4 is 5.32 Å². The number of rotatable bonds is 6. The number of hydrogen-bond acceptors (Lipinski definition) is 3. The highest BCUT2D eigenvalue weighted by Gasteiger charge is 2.24. The van der Waals surface area contributed by atoms with Gasteiger partial charge in [-0.15, -0.1) is 0 Å². The van der Waals surface area contributed by atoms with Crippen LogP contribution in [0.25, 0.3) is 0 Å². The number of carboxylic acids is 1. The number of carbonyl (C=O) groups is 2. The zero-order valence-corrected chi connectivity index (χ0v) is 13.0. The Morgan fingerprint density at radius 2 is 2.14 bits per heavy atom. The molecule has 0 spiro atoms. The number of urea groups is 1. The zero-order chi connectivity index (χ0) is 15.9. The molecular formula is C15H24N4O3. The molecule has 0 bridgehead atoms. The molecule has 122 valence electrons. The summed E-state index contributed by atoms with van der Waals surface area (Å²) >= 11 is 0. The molecule has 22 heavy (non-hydrogen) atoms. The summed E-state index contributed by atoms with van der Waals surface area (Å²) in [7, 11) is 0. The van der Waals surface area contributed by atoms with Crippen molar-refractivity contribution in [1.29, 1.82) is 0 Å². The van der Waals surface area contributed by atoms with E-state index in [2.05, 4.69) is 23.5 Å². The van der Waals surface area contributed by atoms with Crippen molar-refractivity contribution in [3.8, 4) is 0 Å². The Morgan fingerprint density at radius 1 is 1.41 bits per heavy atom. The van der Waals surface area contributed by atoms with Crippen molar-refractivity contribution in [2.45, 2.75) is 45.1 Å². The van der Waals surface area contributed by atoms with Crippen LogP contribution in [0.5, 0.6) is 0 Å². The van der Waals surface area contributed by atoms with E-state index in [0.717, 1.165) is 32.5 Å². The third kappa shape index (κ3) is 4.47. The molecule has 1 aromatic heterocycles. The van der Waals surface area contributed by atoms with Gasteiger partial charge in [-0.3, -0.25) is 9.48 Å². The fourth-order valence-electron chi connectivity index (χ4n) is 2.73. The molecule has 7 heteroatoms. The van der Waals surface area contributed by atoms with E-state index in [1.54, 1.807) is 0 Å². The first-order valence-electron chi connectivity index (χ1n) is 7.87. The van der Waals surface area contributed by atoms with Crippen LogP contribution in [0.3, 0.4) is 0 Å². The highest BCUT2D eigenvalue weighted by atomic mass is 16.4. The minimum absolute atomic E-state index is 0.0871. The van der Waals surface area contributed by atoms with Crippen LogP contribution in [-0.2, 0) is 11.3 Å². The van der Waals surface area contributed by atoms with Crippen LogP contribution >= 0.6 is 0 Å². The number of aromatic nitrogens is 2. The van der Waals surface area contributed by atoms with Crippen molar-refractivity contribution in [2.24, 2.45) is 0 Å². The molecule has 7 nitrogen and oxygen atoms in total. The van der Waals surface area contributed by atoms with Crippen molar-refractivity contribution in [2.75, 3.05) is 19.6 Å². The van der Waals surface area contributed by atoms with Crippen molar-refractivity contribution in [3.05, 3.63) is 18.0 Å². The van der Waals surface area contributed by atoms with Gasteiger partial charge in [-0.2, -0.15) is 5.10 Å². The summed E-state index contributed by atoms with van der Waals surface area (Å²) < 4.78 is 1.93. The monoisotopic (exact) mass is 308 g/mol. The third-order valence-electron chi connectivity index (χ3n) is 4.07. The number of aliphatic carboxylic acids is 1. The highest BCUT2D eigenvalue weighted by molar-refractivity contribution is 5.74. The topological polar surface area (TPSA) is 87.5 Å². The smallest absolute Gasteiger partial charge is 0.317 e. The molecule has 1 fully saturated rings. The minimum atomic E-state index is -0.831. The molecular weight excluding hydrogens is 284 g/mol. The maximum absolute atomic E-state index is 12.0. The first kappa shape index (κ1) is 16.3. The van der Waals surface area contributed by atoms with Crippen LogP contribution in [0.2, 0.25) is 0 Å². The number of piperidine rings is 1. The van der Waals surface area contributed by atoms with Gasteiger partial charge in [-0.05, 0) is 37.7 Å². The Bertz CT molecular complexity index is 507. The summed E-state index contributed by atoms with van der Waals surface area (Å²) in [6.07, 6.45) is 6.45. The quantitative estimate of drug-likeness (QED) is 0.782. The predicted molar refractivity (Wildman–Crippen MR) is 81.7 cm³/mol. The van der Waals surface area contributed by atoms with Crippen LogP contribution in [0, 0.1) is 0 Å². The largest absolute Gasteiger partial charge is 0.481 e. The lowest BCUT2D eigenvalue weighted by Crippen LogP contribution is -2.44. The second kappa shape index (κ2) is 7.82. The Hall–Kier alpha value is -2.05. The van der Waals surface area contributed by atoms with Gasteiger partial charge in [0.25, 0.3) is 0 Å². The van der Waals surface area contributed by atoms with Gasteiger partial charge in [-0.25, -0.2) is 4.79 Å². The van der Waals surface area contributed by atoms with Crippen LogP contribution in [-0.4, -0.2) is 51.4 Å². The SMILES string of the molecule is CCn1cc(C2CCN(C(=O)NCCCC(=O)O)CC2)cn1. The van der Waals surface area contributed by atoms with E-state index in [0.29, 0.717) is 18.9 Å². The summed E-state index contributed by atoms with van der Waals surface area (Å²) in [6, 6.07) is -0.0897. The summed E-state index contributed by atoms with van der Waals surface area (Å²) in [6.45, 7) is 4.81. The summed E-state index contributed by atoms with van der Waals surface area (Å²) in [4.78, 5) is 24.2. The second-order valence-electron chi connectivity index (χ2n) is 5.62. The van der Waals surface area contributed by atoms with E-state index in [4.69, 9.17) is 5.11 Å². The van der Waals surface area contributed by atoms with Crippen molar-refractivity contribution >= 4 is 12.0 Å². The fourth-order valence-corrected chi connectivity index (χ4v) is 2.73. The van der Waals surface area contributed by atoms with Crippen LogP contribution in [0.1, 0.15) is 44.1 Å². The summed E-state index contributed by atoms with van der Waals surface area (Å²) in [5.41, 5.74) is 1.25.